The summed E-state index contributed by atoms with van der Waals surface area (Å²) in [6, 6.07) is 16.9. The Hall–Kier alpha value is -4.69. The van der Waals surface area contributed by atoms with Gasteiger partial charge >= 0.3 is 5.97 Å². The number of benzene rings is 3. The molecule has 0 bridgehead atoms. The van der Waals surface area contributed by atoms with E-state index in [9.17, 15) is 29.7 Å². The van der Waals surface area contributed by atoms with Crippen LogP contribution in [-0.2, 0) is 29.1 Å². The highest BCUT2D eigenvalue weighted by molar-refractivity contribution is 6.03. The minimum Gasteiger partial charge on any atom is -0.504 e. The van der Waals surface area contributed by atoms with Crippen molar-refractivity contribution < 1.29 is 39.2 Å². The molecule has 0 saturated heterocycles. The SMILES string of the molecule is CC(=O)NC(C(=O)O)C1CCc2ccccc2C1=O.COc1cc(CNCCCNCCCCNCCCNCc2ccc(O)c(OC)c2)ccc1O. The third-order valence-corrected chi connectivity index (χ3v) is 8.89. The molecule has 2 atom stereocenters. The van der Waals surface area contributed by atoms with Crippen molar-refractivity contribution in [3.05, 3.63) is 82.9 Å². The molecule has 0 spiro atoms. The molecule has 53 heavy (non-hydrogen) atoms. The first-order valence-corrected chi connectivity index (χ1v) is 18.3. The largest absolute Gasteiger partial charge is 0.504 e. The first kappa shape index (κ1) is 42.7. The van der Waals surface area contributed by atoms with Crippen molar-refractivity contribution >= 4 is 17.7 Å². The molecule has 0 heterocycles. The van der Waals surface area contributed by atoms with Crippen molar-refractivity contribution in [2.75, 3.05) is 53.5 Å². The number of aryl methyl sites for hydroxylation is 1. The van der Waals surface area contributed by atoms with Crippen LogP contribution in [0.15, 0.2) is 60.7 Å². The number of phenols is 2. The summed E-state index contributed by atoms with van der Waals surface area (Å²) < 4.78 is 10.3. The Morgan fingerprint density at radius 2 is 1.23 bits per heavy atom. The van der Waals surface area contributed by atoms with Gasteiger partial charge in [0.25, 0.3) is 0 Å². The maximum atomic E-state index is 12.3. The second kappa shape index (κ2) is 23.8. The molecule has 0 fully saturated rings. The lowest BCUT2D eigenvalue weighted by molar-refractivity contribution is -0.142. The Bertz CT molecular complexity index is 1520. The van der Waals surface area contributed by atoms with E-state index in [2.05, 4.69) is 26.6 Å². The fraction of sp³-hybridized carbons (Fsp3) is 0.475. The topological polar surface area (TPSA) is 191 Å². The molecule has 8 N–H and O–H groups in total. The number of ketones is 1. The van der Waals surface area contributed by atoms with Gasteiger partial charge in [-0.1, -0.05) is 36.4 Å². The molecule has 1 amide bonds. The lowest BCUT2D eigenvalue weighted by Crippen LogP contribution is -2.49. The van der Waals surface area contributed by atoms with Crippen LogP contribution < -0.4 is 36.1 Å². The van der Waals surface area contributed by atoms with E-state index in [1.165, 1.54) is 19.8 Å². The molecular weight excluding hydrogens is 678 g/mol. The van der Waals surface area contributed by atoms with Crippen molar-refractivity contribution in [1.82, 2.24) is 26.6 Å². The van der Waals surface area contributed by atoms with Gasteiger partial charge in [-0.15, -0.1) is 0 Å². The number of hydrogen-bond donors (Lipinski definition) is 8. The second-order valence-corrected chi connectivity index (χ2v) is 13.0. The first-order valence-electron chi connectivity index (χ1n) is 18.3. The number of ether oxygens (including phenoxy) is 2. The molecule has 0 aliphatic heterocycles. The number of unbranched alkanes of at least 4 members (excludes halogenated alkanes) is 1. The average Bonchev–Trinajstić information content (AvgIpc) is 3.15. The lowest BCUT2D eigenvalue weighted by Gasteiger charge is -2.28. The van der Waals surface area contributed by atoms with Gasteiger partial charge in [-0.2, -0.15) is 0 Å². The van der Waals surface area contributed by atoms with Crippen LogP contribution in [0.1, 0.15) is 66.1 Å². The molecular formula is C40H57N5O8. The number of aromatic hydroxyl groups is 2. The summed E-state index contributed by atoms with van der Waals surface area (Å²) in [5, 5.41) is 44.6. The average molecular weight is 736 g/mol. The van der Waals surface area contributed by atoms with E-state index in [0.717, 1.165) is 81.9 Å². The van der Waals surface area contributed by atoms with E-state index in [1.807, 2.05) is 36.4 Å². The number of carboxylic acids is 1. The smallest absolute Gasteiger partial charge is 0.326 e. The number of methoxy groups -OCH3 is 2. The number of nitrogens with one attached hydrogen (secondary N) is 5. The van der Waals surface area contributed by atoms with E-state index in [4.69, 9.17) is 9.47 Å². The van der Waals surface area contributed by atoms with E-state index in [1.54, 1.807) is 38.5 Å². The van der Waals surface area contributed by atoms with Crippen molar-refractivity contribution in [2.24, 2.45) is 5.92 Å². The third kappa shape index (κ3) is 15.1. The number of Topliss-reactive ketones (excluding diaryl/α,β-unsaturated/α-hetero) is 1. The standard InChI is InChI=1S/C26H42N4O4.C14H15NO4/c1-33-25-17-21(7-9-23(25)31)19-29-15-5-13-27-11-3-4-12-28-14-6-16-30-20-22-8-10-24(32)26(18-22)34-2;1-8(16)15-12(14(18)19)11-7-6-9-4-2-3-5-10(9)13(11)17/h7-10,17-18,27-32H,3-6,11-16,19-20H2,1-2H3;2-5,11-12H,6-7H2,1H3,(H,15,16)(H,18,19). The monoisotopic (exact) mass is 735 g/mol. The molecule has 2 unspecified atom stereocenters. The zero-order valence-corrected chi connectivity index (χ0v) is 31.2. The summed E-state index contributed by atoms with van der Waals surface area (Å²) in [5.41, 5.74) is 3.71. The Labute approximate surface area is 312 Å². The van der Waals surface area contributed by atoms with Crippen LogP contribution in [-0.4, -0.2) is 92.5 Å². The summed E-state index contributed by atoms with van der Waals surface area (Å²) in [7, 11) is 3.12. The van der Waals surface area contributed by atoms with Gasteiger partial charge in [-0.05, 0) is 119 Å². The lowest BCUT2D eigenvalue weighted by atomic mass is 9.79. The van der Waals surface area contributed by atoms with Crippen LogP contribution in [0.4, 0.5) is 0 Å². The van der Waals surface area contributed by atoms with Crippen LogP contribution >= 0.6 is 0 Å². The van der Waals surface area contributed by atoms with Crippen LogP contribution in [0.2, 0.25) is 0 Å². The van der Waals surface area contributed by atoms with Gasteiger partial charge in [-0.25, -0.2) is 4.79 Å². The molecule has 13 heteroatoms. The Morgan fingerprint density at radius 3 is 1.72 bits per heavy atom. The highest BCUT2D eigenvalue weighted by Crippen LogP contribution is 2.29. The summed E-state index contributed by atoms with van der Waals surface area (Å²) in [6.07, 6.45) is 5.60. The zero-order chi connectivity index (χ0) is 38.4. The number of phenolic OH excluding ortho intramolecular Hbond substituents is 2. The molecule has 290 valence electrons. The number of hydrogen-bond acceptors (Lipinski definition) is 11. The minimum atomic E-state index is -1.17. The van der Waals surface area contributed by atoms with Crippen LogP contribution in [0.5, 0.6) is 23.0 Å². The number of amides is 1. The molecule has 3 aromatic carbocycles. The van der Waals surface area contributed by atoms with Crippen molar-refractivity contribution in [2.45, 2.75) is 64.6 Å². The Kier molecular flexibility index (Phi) is 19.2. The predicted molar refractivity (Wildman–Crippen MR) is 205 cm³/mol. The first-order chi connectivity index (χ1) is 25.6. The molecule has 0 aromatic heterocycles. The minimum absolute atomic E-state index is 0.172. The van der Waals surface area contributed by atoms with Gasteiger partial charge in [0.1, 0.15) is 6.04 Å². The van der Waals surface area contributed by atoms with Gasteiger partial charge in [0.15, 0.2) is 28.8 Å². The molecule has 3 aromatic rings. The Morgan fingerprint density at radius 1 is 0.736 bits per heavy atom. The summed E-state index contributed by atoms with van der Waals surface area (Å²) in [6.45, 7) is 8.81. The summed E-state index contributed by atoms with van der Waals surface area (Å²) in [4.78, 5) is 34.6. The molecule has 4 rings (SSSR count). The summed E-state index contributed by atoms with van der Waals surface area (Å²) >= 11 is 0. The normalized spacial score (nSPS) is 14.0. The van der Waals surface area contributed by atoms with E-state index in [-0.39, 0.29) is 17.3 Å². The molecule has 0 saturated carbocycles. The quantitative estimate of drug-likeness (QED) is 0.0699. The van der Waals surface area contributed by atoms with Crippen LogP contribution in [0.3, 0.4) is 0 Å². The van der Waals surface area contributed by atoms with Gasteiger partial charge in [0.05, 0.1) is 20.1 Å². The number of rotatable bonds is 22. The zero-order valence-electron chi connectivity index (χ0n) is 31.2. The second-order valence-electron chi connectivity index (χ2n) is 13.0. The number of fused-ring (bicyclic) bond motifs is 1. The fourth-order valence-electron chi connectivity index (χ4n) is 6.05. The van der Waals surface area contributed by atoms with E-state index < -0.39 is 23.8 Å². The summed E-state index contributed by atoms with van der Waals surface area (Å²) in [5.74, 6) is -1.15. The number of carbonyl (C=O) groups excluding carboxylic acids is 2. The van der Waals surface area contributed by atoms with Gasteiger partial charge in [0, 0.05) is 25.6 Å². The third-order valence-electron chi connectivity index (χ3n) is 8.89. The van der Waals surface area contributed by atoms with Gasteiger partial charge in [0.2, 0.25) is 5.91 Å². The number of carboxylic acid groups (broad SMARTS) is 1. The maximum Gasteiger partial charge on any atom is 0.326 e. The molecule has 13 nitrogen and oxygen atoms in total. The van der Waals surface area contributed by atoms with Crippen molar-refractivity contribution in [1.29, 1.82) is 0 Å². The van der Waals surface area contributed by atoms with E-state index in [0.29, 0.717) is 29.9 Å². The highest BCUT2D eigenvalue weighted by atomic mass is 16.5. The molecule has 1 aliphatic rings. The Balaban J connectivity index is 0.000000334. The van der Waals surface area contributed by atoms with E-state index >= 15 is 0 Å². The highest BCUT2D eigenvalue weighted by Gasteiger charge is 2.37. The van der Waals surface area contributed by atoms with Gasteiger partial charge < -0.3 is 51.4 Å². The van der Waals surface area contributed by atoms with Crippen LogP contribution in [0, 0.1) is 5.92 Å². The fourth-order valence-corrected chi connectivity index (χ4v) is 6.05. The number of carbonyl (C=O) groups is 3. The molecule has 1 aliphatic carbocycles. The van der Waals surface area contributed by atoms with Gasteiger partial charge in [-0.3, -0.25) is 9.59 Å². The number of aliphatic carboxylic acids is 1. The molecule has 0 radical (unpaired) electrons. The van der Waals surface area contributed by atoms with Crippen molar-refractivity contribution in [3.8, 4) is 23.0 Å². The maximum absolute atomic E-state index is 12.3. The van der Waals surface area contributed by atoms with Crippen molar-refractivity contribution in [3.63, 3.8) is 0 Å². The predicted octanol–water partition coefficient (Wildman–Crippen LogP) is 3.76. The van der Waals surface area contributed by atoms with Crippen LogP contribution in [0.25, 0.3) is 0 Å².